The van der Waals surface area contributed by atoms with E-state index in [1.807, 2.05) is 36.4 Å². The van der Waals surface area contributed by atoms with Gasteiger partial charge in [-0.05, 0) is 79.6 Å². The summed E-state index contributed by atoms with van der Waals surface area (Å²) >= 11 is 5.69. The van der Waals surface area contributed by atoms with Crippen LogP contribution in [-0.4, -0.2) is 61.2 Å². The first kappa shape index (κ1) is 23.0. The summed E-state index contributed by atoms with van der Waals surface area (Å²) in [6.07, 6.45) is 5.10. The van der Waals surface area contributed by atoms with Gasteiger partial charge in [-0.1, -0.05) is 18.2 Å². The number of hydrogen-bond acceptors (Lipinski definition) is 4. The second kappa shape index (κ2) is 9.10. The Morgan fingerprint density at radius 1 is 0.882 bits per heavy atom. The number of methoxy groups -OCH3 is 2. The molecule has 180 valence electrons. The molecule has 2 saturated heterocycles. The summed E-state index contributed by atoms with van der Waals surface area (Å²) in [6.45, 7) is 3.57. The number of rotatable bonds is 5. The van der Waals surface area contributed by atoms with Crippen molar-refractivity contribution >= 4 is 28.9 Å². The van der Waals surface area contributed by atoms with Crippen LogP contribution in [0.5, 0.6) is 11.5 Å². The van der Waals surface area contributed by atoms with Crippen molar-refractivity contribution in [3.8, 4) is 11.5 Å². The molecule has 1 aliphatic carbocycles. The number of piperidine rings is 1. The third-order valence-electron chi connectivity index (χ3n) is 7.96. The normalized spacial score (nSPS) is 20.2. The molecule has 1 spiro atoms. The number of nitrogens with zero attached hydrogens (tertiary/aromatic N) is 2. The van der Waals surface area contributed by atoms with Gasteiger partial charge in [-0.15, -0.1) is 0 Å². The molecular formula is C27H33N3O3S. The zero-order chi connectivity index (χ0) is 23.8. The fourth-order valence-corrected chi connectivity index (χ4v) is 5.87. The van der Waals surface area contributed by atoms with E-state index in [4.69, 9.17) is 21.7 Å². The van der Waals surface area contributed by atoms with Crippen molar-refractivity contribution < 1.29 is 14.3 Å². The summed E-state index contributed by atoms with van der Waals surface area (Å²) in [5.74, 6) is 1.95. The topological polar surface area (TPSA) is 54.0 Å². The molecule has 0 radical (unpaired) electrons. The van der Waals surface area contributed by atoms with Gasteiger partial charge in [-0.3, -0.25) is 4.79 Å². The number of carbonyl (C=O) groups excluding carboxylic acids is 1. The molecule has 1 saturated carbocycles. The highest BCUT2D eigenvalue weighted by Crippen LogP contribution is 2.51. The number of carbonyl (C=O) groups is 1. The van der Waals surface area contributed by atoms with Crippen LogP contribution < -0.4 is 14.8 Å². The predicted molar refractivity (Wildman–Crippen MR) is 138 cm³/mol. The van der Waals surface area contributed by atoms with Crippen molar-refractivity contribution in [2.24, 2.45) is 5.41 Å². The van der Waals surface area contributed by atoms with E-state index in [9.17, 15) is 4.79 Å². The van der Waals surface area contributed by atoms with Gasteiger partial charge >= 0.3 is 0 Å². The molecule has 34 heavy (non-hydrogen) atoms. The van der Waals surface area contributed by atoms with Crippen LogP contribution in [0.1, 0.15) is 37.7 Å². The van der Waals surface area contributed by atoms with E-state index in [2.05, 4.69) is 27.2 Å². The van der Waals surface area contributed by atoms with Crippen LogP contribution in [0.25, 0.3) is 0 Å². The van der Waals surface area contributed by atoms with Crippen LogP contribution in [0.4, 0.5) is 5.69 Å². The maximum absolute atomic E-state index is 13.6. The van der Waals surface area contributed by atoms with Crippen LogP contribution >= 0.6 is 12.2 Å². The molecule has 0 atom stereocenters. The third-order valence-corrected chi connectivity index (χ3v) is 8.32. The molecule has 6 nitrogen and oxygen atoms in total. The minimum Gasteiger partial charge on any atom is -0.497 e. The first-order valence-corrected chi connectivity index (χ1v) is 12.5. The van der Waals surface area contributed by atoms with Gasteiger partial charge < -0.3 is 24.6 Å². The fourth-order valence-electron chi connectivity index (χ4n) is 5.57. The van der Waals surface area contributed by atoms with Gasteiger partial charge in [0.1, 0.15) is 11.5 Å². The van der Waals surface area contributed by atoms with E-state index < -0.39 is 0 Å². The Labute approximate surface area is 207 Å². The second-order valence-corrected chi connectivity index (χ2v) is 10.3. The highest BCUT2D eigenvalue weighted by Gasteiger charge is 2.55. The predicted octanol–water partition coefficient (Wildman–Crippen LogP) is 4.45. The minimum absolute atomic E-state index is 0.216. The Kier molecular flexibility index (Phi) is 6.15. The summed E-state index contributed by atoms with van der Waals surface area (Å²) in [5, 5.41) is 4.11. The first-order chi connectivity index (χ1) is 16.5. The summed E-state index contributed by atoms with van der Waals surface area (Å²) in [4.78, 5) is 18.0. The molecule has 1 N–H and O–H groups in total. The lowest BCUT2D eigenvalue weighted by molar-refractivity contribution is -0.133. The zero-order valence-corrected chi connectivity index (χ0v) is 20.8. The average molecular weight is 480 g/mol. The van der Waals surface area contributed by atoms with E-state index in [0.29, 0.717) is 5.91 Å². The second-order valence-electron chi connectivity index (χ2n) is 9.94. The number of nitrogens with one attached hydrogen (secondary N) is 1. The number of thiocarbonyl (C=S) groups is 1. The Morgan fingerprint density at radius 2 is 1.53 bits per heavy atom. The number of amides is 1. The number of benzene rings is 2. The smallest absolute Gasteiger partial charge is 0.233 e. The Morgan fingerprint density at radius 3 is 2.15 bits per heavy atom. The van der Waals surface area contributed by atoms with Crippen LogP contribution in [0.15, 0.2) is 48.5 Å². The summed E-state index contributed by atoms with van der Waals surface area (Å²) in [7, 11) is 3.34. The van der Waals surface area contributed by atoms with Gasteiger partial charge in [0, 0.05) is 37.9 Å². The van der Waals surface area contributed by atoms with Gasteiger partial charge in [0.25, 0.3) is 0 Å². The van der Waals surface area contributed by atoms with Crippen molar-refractivity contribution in [2.45, 2.75) is 37.5 Å². The van der Waals surface area contributed by atoms with E-state index in [-0.39, 0.29) is 10.8 Å². The van der Waals surface area contributed by atoms with Crippen molar-refractivity contribution in [3.63, 3.8) is 0 Å². The lowest BCUT2D eigenvalue weighted by Crippen LogP contribution is -2.46. The lowest BCUT2D eigenvalue weighted by Gasteiger charge is -2.40. The van der Waals surface area contributed by atoms with E-state index in [0.717, 1.165) is 86.1 Å². The van der Waals surface area contributed by atoms with Gasteiger partial charge in [-0.2, -0.15) is 0 Å². The van der Waals surface area contributed by atoms with Gasteiger partial charge in [0.2, 0.25) is 5.91 Å². The molecule has 2 aliphatic heterocycles. The quantitative estimate of drug-likeness (QED) is 0.640. The van der Waals surface area contributed by atoms with Crippen LogP contribution in [0.2, 0.25) is 0 Å². The molecule has 0 bridgehead atoms. The highest BCUT2D eigenvalue weighted by molar-refractivity contribution is 7.80. The fraction of sp³-hybridized carbons (Fsp3) is 0.481. The van der Waals surface area contributed by atoms with E-state index >= 15 is 0 Å². The van der Waals surface area contributed by atoms with Crippen molar-refractivity contribution in [3.05, 3.63) is 54.1 Å². The van der Waals surface area contributed by atoms with Crippen molar-refractivity contribution in [1.82, 2.24) is 9.80 Å². The summed E-state index contributed by atoms with van der Waals surface area (Å²) < 4.78 is 10.6. The SMILES string of the molecule is COc1ccc(C2(C(=O)N3CCC4(CCN(C(=S)Nc5cccc(OC)c5)CC4)C3)CC2)cc1. The van der Waals surface area contributed by atoms with E-state index in [1.54, 1.807) is 14.2 Å². The largest absolute Gasteiger partial charge is 0.497 e. The Balaban J connectivity index is 1.17. The first-order valence-electron chi connectivity index (χ1n) is 12.1. The zero-order valence-electron chi connectivity index (χ0n) is 20.0. The monoisotopic (exact) mass is 479 g/mol. The molecule has 0 aromatic heterocycles. The van der Waals surface area contributed by atoms with Crippen LogP contribution in [0, 0.1) is 5.41 Å². The summed E-state index contributed by atoms with van der Waals surface area (Å²) in [5.41, 5.74) is 1.97. The molecule has 3 fully saturated rings. The van der Waals surface area contributed by atoms with Crippen molar-refractivity contribution in [2.75, 3.05) is 45.7 Å². The number of hydrogen-bond donors (Lipinski definition) is 1. The molecular weight excluding hydrogens is 446 g/mol. The molecule has 2 aromatic rings. The van der Waals surface area contributed by atoms with Crippen LogP contribution in [-0.2, 0) is 10.2 Å². The standard InChI is InChI=1S/C27H33N3O3S/c1-32-22-8-6-20(7-9-22)27(10-11-27)24(31)30-17-14-26(19-30)12-15-29(16-13-26)25(34)28-21-4-3-5-23(18-21)33-2/h3-9,18H,10-17,19H2,1-2H3,(H,28,34). The summed E-state index contributed by atoms with van der Waals surface area (Å²) in [6, 6.07) is 15.9. The number of anilines is 1. The third kappa shape index (κ3) is 4.33. The molecule has 2 aromatic carbocycles. The molecule has 1 amide bonds. The highest BCUT2D eigenvalue weighted by atomic mass is 32.1. The van der Waals surface area contributed by atoms with Gasteiger partial charge in [0.05, 0.1) is 19.6 Å². The molecule has 0 unspecified atom stereocenters. The van der Waals surface area contributed by atoms with Gasteiger partial charge in [-0.25, -0.2) is 0 Å². The maximum atomic E-state index is 13.6. The van der Waals surface area contributed by atoms with Crippen molar-refractivity contribution in [1.29, 1.82) is 0 Å². The number of likely N-dealkylation sites (tertiary alicyclic amines) is 2. The maximum Gasteiger partial charge on any atom is 0.233 e. The van der Waals surface area contributed by atoms with Gasteiger partial charge in [0.15, 0.2) is 5.11 Å². The minimum atomic E-state index is -0.319. The lowest BCUT2D eigenvalue weighted by atomic mass is 9.78. The molecule has 7 heteroatoms. The average Bonchev–Trinajstić information content (AvgIpc) is 3.59. The number of ether oxygens (including phenoxy) is 2. The Bertz CT molecular complexity index is 1060. The van der Waals surface area contributed by atoms with E-state index in [1.165, 1.54) is 0 Å². The molecule has 2 heterocycles. The molecule has 5 rings (SSSR count). The van der Waals surface area contributed by atoms with Crippen LogP contribution in [0.3, 0.4) is 0 Å². The Hall–Kier alpha value is -2.80. The molecule has 3 aliphatic rings.